The summed E-state index contributed by atoms with van der Waals surface area (Å²) in [7, 11) is 0. The van der Waals surface area contributed by atoms with Crippen molar-refractivity contribution < 1.29 is 9.53 Å². The SMILES string of the molecule is CCc1ccc(N2C(=S)N[C@H]3c4cc(C)ccc4O[C@@]2(C)[C@H]3C(=O)Nc2ccc(Cl)cc2)cc1. The average Bonchev–Trinajstić information content (AvgIpc) is 2.81. The van der Waals surface area contributed by atoms with Crippen LogP contribution in [0.25, 0.3) is 0 Å². The van der Waals surface area contributed by atoms with E-state index in [4.69, 9.17) is 28.6 Å². The predicted molar refractivity (Wildman–Crippen MR) is 141 cm³/mol. The van der Waals surface area contributed by atoms with Gasteiger partial charge in [0.05, 0.1) is 6.04 Å². The van der Waals surface area contributed by atoms with Gasteiger partial charge in [-0.05, 0) is 80.5 Å². The molecule has 5 rings (SSSR count). The zero-order valence-electron chi connectivity index (χ0n) is 19.3. The summed E-state index contributed by atoms with van der Waals surface area (Å²) in [6.45, 7) is 6.09. The molecule has 3 atom stereocenters. The van der Waals surface area contributed by atoms with Crippen molar-refractivity contribution in [3.05, 3.63) is 88.4 Å². The van der Waals surface area contributed by atoms with Crippen LogP contribution in [0.2, 0.25) is 5.02 Å². The highest BCUT2D eigenvalue weighted by atomic mass is 35.5. The monoisotopic (exact) mass is 491 g/mol. The number of carbonyl (C=O) groups excluding carboxylic acids is 1. The predicted octanol–water partition coefficient (Wildman–Crippen LogP) is 6.01. The Morgan fingerprint density at radius 3 is 2.53 bits per heavy atom. The molecule has 2 aliphatic heterocycles. The molecule has 0 radical (unpaired) electrons. The van der Waals surface area contributed by atoms with E-state index in [2.05, 4.69) is 35.8 Å². The molecule has 2 heterocycles. The average molecular weight is 492 g/mol. The quantitative estimate of drug-likeness (QED) is 0.438. The third-order valence-electron chi connectivity index (χ3n) is 6.65. The third kappa shape index (κ3) is 3.81. The van der Waals surface area contributed by atoms with Crippen LogP contribution in [0.15, 0.2) is 66.7 Å². The van der Waals surface area contributed by atoms with Gasteiger partial charge in [0.25, 0.3) is 0 Å². The van der Waals surface area contributed by atoms with Crippen LogP contribution >= 0.6 is 23.8 Å². The van der Waals surface area contributed by atoms with Crippen molar-refractivity contribution in [1.29, 1.82) is 0 Å². The van der Waals surface area contributed by atoms with Gasteiger partial charge in [0.15, 0.2) is 10.8 Å². The second kappa shape index (κ2) is 8.60. The number of ether oxygens (including phenoxy) is 1. The number of anilines is 2. The summed E-state index contributed by atoms with van der Waals surface area (Å²) in [6, 6.07) is 21.0. The molecule has 174 valence electrons. The van der Waals surface area contributed by atoms with Gasteiger partial charge in [0.2, 0.25) is 5.91 Å². The van der Waals surface area contributed by atoms with E-state index in [-0.39, 0.29) is 11.9 Å². The summed E-state index contributed by atoms with van der Waals surface area (Å²) in [5, 5.41) is 7.65. The number of rotatable bonds is 4. The number of aryl methyl sites for hydroxylation is 2. The minimum Gasteiger partial charge on any atom is -0.467 e. The molecule has 2 aliphatic rings. The van der Waals surface area contributed by atoms with Crippen LogP contribution in [0, 0.1) is 12.8 Å². The lowest BCUT2D eigenvalue weighted by atomic mass is 9.78. The fourth-order valence-electron chi connectivity index (χ4n) is 4.93. The van der Waals surface area contributed by atoms with Gasteiger partial charge in [0, 0.05) is 22.0 Å². The van der Waals surface area contributed by atoms with Crippen molar-refractivity contribution in [3.8, 4) is 5.75 Å². The first-order valence-electron chi connectivity index (χ1n) is 11.4. The molecule has 0 aromatic heterocycles. The van der Waals surface area contributed by atoms with Crippen LogP contribution in [0.4, 0.5) is 11.4 Å². The molecule has 5 nitrogen and oxygen atoms in total. The Morgan fingerprint density at radius 2 is 1.85 bits per heavy atom. The largest absolute Gasteiger partial charge is 0.467 e. The van der Waals surface area contributed by atoms with Gasteiger partial charge >= 0.3 is 0 Å². The molecule has 34 heavy (non-hydrogen) atoms. The second-order valence-corrected chi connectivity index (χ2v) is 9.78. The first-order chi connectivity index (χ1) is 16.3. The zero-order chi connectivity index (χ0) is 24.0. The zero-order valence-corrected chi connectivity index (χ0v) is 20.8. The van der Waals surface area contributed by atoms with Crippen LogP contribution in [0.1, 0.15) is 36.6 Å². The second-order valence-electron chi connectivity index (χ2n) is 8.95. The standard InChI is InChI=1S/C27H26ClN3O2S/c1-4-17-6-12-20(13-7-17)31-26(34)30-24-21-15-16(2)5-14-22(21)33-27(31,3)23(24)25(32)29-19-10-8-18(28)9-11-19/h5-15,23-24H,4H2,1-3H3,(H,29,32)(H,30,34)/t23-,24+,27+/m1/s1. The lowest BCUT2D eigenvalue weighted by Gasteiger charge is -2.56. The van der Waals surface area contributed by atoms with E-state index in [9.17, 15) is 4.79 Å². The molecule has 0 aliphatic carbocycles. The first-order valence-corrected chi connectivity index (χ1v) is 12.1. The Morgan fingerprint density at radius 1 is 1.15 bits per heavy atom. The molecule has 2 bridgehead atoms. The van der Waals surface area contributed by atoms with Gasteiger partial charge in [-0.25, -0.2) is 0 Å². The van der Waals surface area contributed by atoms with Crippen molar-refractivity contribution in [3.63, 3.8) is 0 Å². The van der Waals surface area contributed by atoms with Crippen molar-refractivity contribution in [2.24, 2.45) is 5.92 Å². The summed E-state index contributed by atoms with van der Waals surface area (Å²) in [4.78, 5) is 15.7. The number of carbonyl (C=O) groups is 1. The molecule has 0 unspecified atom stereocenters. The van der Waals surface area contributed by atoms with Crippen LogP contribution in [-0.2, 0) is 11.2 Å². The van der Waals surface area contributed by atoms with E-state index < -0.39 is 11.6 Å². The molecule has 3 aromatic carbocycles. The van der Waals surface area contributed by atoms with Gasteiger partial charge in [-0.15, -0.1) is 0 Å². The number of nitrogens with zero attached hydrogens (tertiary/aromatic N) is 1. The molecule has 3 aromatic rings. The molecule has 1 fully saturated rings. The smallest absolute Gasteiger partial charge is 0.236 e. The molecule has 0 spiro atoms. The molecule has 7 heteroatoms. The minimum absolute atomic E-state index is 0.160. The van der Waals surface area contributed by atoms with Crippen molar-refractivity contribution in [1.82, 2.24) is 5.32 Å². The number of nitrogens with one attached hydrogen (secondary N) is 2. The molecular formula is C27H26ClN3O2S. The van der Waals surface area contributed by atoms with E-state index in [0.717, 1.165) is 29.0 Å². The number of hydrogen-bond acceptors (Lipinski definition) is 3. The summed E-state index contributed by atoms with van der Waals surface area (Å²) >= 11 is 11.9. The Kier molecular flexibility index (Phi) is 5.74. The number of benzene rings is 3. The van der Waals surface area contributed by atoms with Crippen molar-refractivity contribution in [2.75, 3.05) is 10.2 Å². The molecule has 0 saturated carbocycles. The maximum absolute atomic E-state index is 13.8. The van der Waals surface area contributed by atoms with Crippen molar-refractivity contribution in [2.45, 2.75) is 39.0 Å². The molecule has 1 amide bonds. The van der Waals surface area contributed by atoms with E-state index in [1.54, 1.807) is 24.3 Å². The number of fused-ring (bicyclic) bond motifs is 4. The van der Waals surface area contributed by atoms with Crippen LogP contribution < -0.4 is 20.3 Å². The number of amides is 1. The maximum Gasteiger partial charge on any atom is 0.236 e. The van der Waals surface area contributed by atoms with Crippen LogP contribution in [-0.4, -0.2) is 16.7 Å². The van der Waals surface area contributed by atoms with Crippen LogP contribution in [0.5, 0.6) is 5.75 Å². The normalized spacial score (nSPS) is 22.9. The summed E-state index contributed by atoms with van der Waals surface area (Å²) in [5.74, 6) is 0.000933. The summed E-state index contributed by atoms with van der Waals surface area (Å²) in [6.07, 6.45) is 0.942. The summed E-state index contributed by atoms with van der Waals surface area (Å²) < 4.78 is 6.65. The highest BCUT2D eigenvalue weighted by molar-refractivity contribution is 7.80. The highest BCUT2D eigenvalue weighted by Gasteiger charge is 2.59. The Hall–Kier alpha value is -3.09. The van der Waals surface area contributed by atoms with E-state index in [1.807, 2.05) is 43.0 Å². The molecular weight excluding hydrogens is 466 g/mol. The van der Waals surface area contributed by atoms with E-state index >= 15 is 0 Å². The van der Waals surface area contributed by atoms with Gasteiger partial charge in [-0.3, -0.25) is 9.69 Å². The Bertz CT molecular complexity index is 1260. The van der Waals surface area contributed by atoms with E-state index in [0.29, 0.717) is 15.8 Å². The number of thiocarbonyl (C=S) groups is 1. The fourth-order valence-corrected chi connectivity index (χ4v) is 5.47. The van der Waals surface area contributed by atoms with E-state index in [1.165, 1.54) is 5.56 Å². The van der Waals surface area contributed by atoms with Gasteiger partial charge in [0.1, 0.15) is 11.7 Å². The minimum atomic E-state index is -1.04. The fraction of sp³-hybridized carbons (Fsp3) is 0.259. The summed E-state index contributed by atoms with van der Waals surface area (Å²) in [5.41, 5.74) is 3.75. The molecule has 1 saturated heterocycles. The Balaban J connectivity index is 1.60. The highest BCUT2D eigenvalue weighted by Crippen LogP contribution is 2.50. The lowest BCUT2D eigenvalue weighted by Crippen LogP contribution is -2.72. The van der Waals surface area contributed by atoms with Crippen LogP contribution in [0.3, 0.4) is 0 Å². The van der Waals surface area contributed by atoms with Gasteiger partial charge < -0.3 is 15.4 Å². The van der Waals surface area contributed by atoms with Gasteiger partial charge in [-0.2, -0.15) is 0 Å². The first kappa shape index (κ1) is 22.7. The topological polar surface area (TPSA) is 53.6 Å². The third-order valence-corrected chi connectivity index (χ3v) is 7.20. The maximum atomic E-state index is 13.8. The van der Waals surface area contributed by atoms with Gasteiger partial charge in [-0.1, -0.05) is 48.4 Å². The number of halogens is 1. The Labute approximate surface area is 210 Å². The lowest BCUT2D eigenvalue weighted by molar-refractivity contribution is -0.130. The number of hydrogen-bond donors (Lipinski definition) is 2. The van der Waals surface area contributed by atoms with Crippen molar-refractivity contribution >= 4 is 46.2 Å². The molecule has 2 N–H and O–H groups in total.